The van der Waals surface area contributed by atoms with Gasteiger partial charge >= 0.3 is 0 Å². The number of ether oxygens (including phenoxy) is 2. The van der Waals surface area contributed by atoms with Crippen molar-refractivity contribution in [3.8, 4) is 11.5 Å². The van der Waals surface area contributed by atoms with Crippen LogP contribution in [-0.2, 0) is 11.3 Å². The Hall–Kier alpha value is -2.79. The quantitative estimate of drug-likeness (QED) is 0.782. The number of rotatable bonds is 4. The van der Waals surface area contributed by atoms with Gasteiger partial charge in [0.2, 0.25) is 12.7 Å². The average Bonchev–Trinajstić information content (AvgIpc) is 3.16. The second-order valence-corrected chi connectivity index (χ2v) is 6.99. The van der Waals surface area contributed by atoms with Crippen LogP contribution < -0.4 is 9.47 Å². The van der Waals surface area contributed by atoms with Gasteiger partial charge in [-0.2, -0.15) is 0 Å². The Balaban J connectivity index is 1.32. The van der Waals surface area contributed by atoms with E-state index in [-0.39, 0.29) is 5.91 Å². The fourth-order valence-electron chi connectivity index (χ4n) is 3.52. The van der Waals surface area contributed by atoms with Gasteiger partial charge < -0.3 is 14.4 Å². The molecule has 2 aromatic rings. The smallest absolute Gasteiger partial charge is 0.249 e. The largest absolute Gasteiger partial charge is 0.454 e. The molecule has 0 saturated carbocycles. The summed E-state index contributed by atoms with van der Waals surface area (Å²) in [4.78, 5) is 17.0. The van der Waals surface area contributed by atoms with Crippen molar-refractivity contribution in [1.29, 1.82) is 0 Å². The molecule has 27 heavy (non-hydrogen) atoms. The Bertz CT molecular complexity index is 840. The third-order valence-electron chi connectivity index (χ3n) is 5.02. The number of fused-ring (bicyclic) bond motifs is 1. The predicted octanol–water partition coefficient (Wildman–Crippen LogP) is 3.16. The van der Waals surface area contributed by atoms with Gasteiger partial charge in [-0.15, -0.1) is 0 Å². The van der Waals surface area contributed by atoms with Crippen molar-refractivity contribution < 1.29 is 14.3 Å². The molecule has 1 fully saturated rings. The first-order valence-corrected chi connectivity index (χ1v) is 9.32. The van der Waals surface area contributed by atoms with E-state index in [1.165, 1.54) is 5.56 Å². The minimum absolute atomic E-state index is 0.126. The van der Waals surface area contributed by atoms with Gasteiger partial charge in [0.15, 0.2) is 11.5 Å². The molecule has 140 valence electrons. The predicted molar refractivity (Wildman–Crippen MR) is 105 cm³/mol. The molecule has 0 bridgehead atoms. The van der Waals surface area contributed by atoms with E-state index in [0.717, 1.165) is 55.4 Å². The number of hydrogen-bond donors (Lipinski definition) is 0. The third kappa shape index (κ3) is 4.14. The van der Waals surface area contributed by atoms with E-state index in [9.17, 15) is 4.79 Å². The summed E-state index contributed by atoms with van der Waals surface area (Å²) in [6.07, 6.45) is 1.96. The summed E-state index contributed by atoms with van der Waals surface area (Å²) in [6.45, 7) is 6.31. The highest BCUT2D eigenvalue weighted by Crippen LogP contribution is 2.32. The fourth-order valence-corrected chi connectivity index (χ4v) is 3.52. The van der Waals surface area contributed by atoms with Crippen LogP contribution in [0, 0.1) is 0 Å². The Morgan fingerprint density at radius 2 is 1.74 bits per heavy atom. The van der Waals surface area contributed by atoms with E-state index in [0.29, 0.717) is 6.79 Å². The van der Waals surface area contributed by atoms with E-state index < -0.39 is 0 Å². The number of nitrogens with zero attached hydrogens (tertiary/aromatic N) is 2. The van der Waals surface area contributed by atoms with Gasteiger partial charge in [0.1, 0.15) is 0 Å². The number of piperazine rings is 1. The molecule has 5 heteroatoms. The normalized spacial score (nSPS) is 17.2. The average molecular weight is 364 g/mol. The standard InChI is InChI=1S/C22H24N2O3/c1-17(13-18-5-3-2-4-6-18)22(25)24-11-9-23(10-12-24)15-19-7-8-20-21(14-19)27-16-26-20/h2-8,13-14H,9-12,15-16H2,1H3. The molecule has 2 aliphatic rings. The van der Waals surface area contributed by atoms with Crippen molar-refractivity contribution in [3.05, 3.63) is 65.2 Å². The summed E-state index contributed by atoms with van der Waals surface area (Å²) in [5.74, 6) is 1.76. The zero-order valence-electron chi connectivity index (χ0n) is 15.6. The molecule has 4 rings (SSSR count). The molecule has 0 N–H and O–H groups in total. The number of carbonyl (C=O) groups is 1. The molecule has 1 amide bonds. The summed E-state index contributed by atoms with van der Waals surface area (Å²) >= 11 is 0. The minimum atomic E-state index is 0.126. The zero-order chi connectivity index (χ0) is 18.6. The SMILES string of the molecule is CC(=Cc1ccccc1)C(=O)N1CCN(Cc2ccc3c(c2)OCO3)CC1. The summed E-state index contributed by atoms with van der Waals surface area (Å²) < 4.78 is 10.8. The summed E-state index contributed by atoms with van der Waals surface area (Å²) in [7, 11) is 0. The number of hydrogen-bond acceptors (Lipinski definition) is 4. The number of amides is 1. The van der Waals surface area contributed by atoms with Crippen LogP contribution in [0.2, 0.25) is 0 Å². The van der Waals surface area contributed by atoms with Crippen LogP contribution in [0.1, 0.15) is 18.1 Å². The van der Waals surface area contributed by atoms with Crippen LogP contribution in [0.5, 0.6) is 11.5 Å². The van der Waals surface area contributed by atoms with E-state index in [4.69, 9.17) is 9.47 Å². The van der Waals surface area contributed by atoms with Crippen LogP contribution in [0.3, 0.4) is 0 Å². The summed E-state index contributed by atoms with van der Waals surface area (Å²) in [5.41, 5.74) is 3.05. The lowest BCUT2D eigenvalue weighted by Gasteiger charge is -2.35. The molecule has 1 saturated heterocycles. The lowest BCUT2D eigenvalue weighted by Crippen LogP contribution is -2.48. The molecule has 2 aromatic carbocycles. The first-order chi connectivity index (χ1) is 13.2. The molecule has 0 aromatic heterocycles. The van der Waals surface area contributed by atoms with Gasteiger partial charge in [-0.05, 0) is 36.3 Å². The maximum Gasteiger partial charge on any atom is 0.249 e. The van der Waals surface area contributed by atoms with Gasteiger partial charge in [0.05, 0.1) is 0 Å². The Morgan fingerprint density at radius 1 is 1.00 bits per heavy atom. The summed E-state index contributed by atoms with van der Waals surface area (Å²) in [5, 5.41) is 0. The molecular formula is C22H24N2O3. The van der Waals surface area contributed by atoms with Crippen LogP contribution in [0.4, 0.5) is 0 Å². The zero-order valence-corrected chi connectivity index (χ0v) is 15.6. The number of carbonyl (C=O) groups excluding carboxylic acids is 1. The molecule has 0 atom stereocenters. The molecule has 0 unspecified atom stereocenters. The van der Waals surface area contributed by atoms with E-state index in [1.807, 2.05) is 60.4 Å². The van der Waals surface area contributed by atoms with Gasteiger partial charge in [-0.1, -0.05) is 36.4 Å². The second-order valence-electron chi connectivity index (χ2n) is 6.99. The van der Waals surface area contributed by atoms with Crippen LogP contribution in [0.25, 0.3) is 6.08 Å². The van der Waals surface area contributed by atoms with E-state index >= 15 is 0 Å². The minimum Gasteiger partial charge on any atom is -0.454 e. The second kappa shape index (κ2) is 7.84. The highest BCUT2D eigenvalue weighted by molar-refractivity contribution is 5.97. The van der Waals surface area contributed by atoms with Crippen LogP contribution >= 0.6 is 0 Å². The highest BCUT2D eigenvalue weighted by Gasteiger charge is 2.22. The van der Waals surface area contributed by atoms with Gasteiger partial charge in [0, 0.05) is 38.3 Å². The van der Waals surface area contributed by atoms with Crippen molar-refractivity contribution in [2.45, 2.75) is 13.5 Å². The van der Waals surface area contributed by atoms with E-state index in [1.54, 1.807) is 0 Å². The molecule has 0 spiro atoms. The molecule has 2 heterocycles. The molecule has 5 nitrogen and oxygen atoms in total. The van der Waals surface area contributed by atoms with Crippen molar-refractivity contribution in [2.24, 2.45) is 0 Å². The van der Waals surface area contributed by atoms with Gasteiger partial charge in [-0.3, -0.25) is 9.69 Å². The van der Waals surface area contributed by atoms with E-state index in [2.05, 4.69) is 11.0 Å². The molecular weight excluding hydrogens is 340 g/mol. The maximum atomic E-state index is 12.7. The lowest BCUT2D eigenvalue weighted by atomic mass is 10.1. The van der Waals surface area contributed by atoms with Crippen LogP contribution in [-0.4, -0.2) is 48.7 Å². The first-order valence-electron chi connectivity index (χ1n) is 9.32. The van der Waals surface area contributed by atoms with Gasteiger partial charge in [-0.25, -0.2) is 0 Å². The molecule has 0 radical (unpaired) electrons. The molecule has 2 aliphatic heterocycles. The monoisotopic (exact) mass is 364 g/mol. The van der Waals surface area contributed by atoms with Crippen molar-refractivity contribution >= 4 is 12.0 Å². The topological polar surface area (TPSA) is 42.0 Å². The fraction of sp³-hybridized carbons (Fsp3) is 0.318. The first kappa shape index (κ1) is 17.6. The Kier molecular flexibility index (Phi) is 5.12. The Labute approximate surface area is 159 Å². The van der Waals surface area contributed by atoms with Crippen molar-refractivity contribution in [2.75, 3.05) is 33.0 Å². The summed E-state index contributed by atoms with van der Waals surface area (Å²) in [6, 6.07) is 16.1. The van der Waals surface area contributed by atoms with Crippen molar-refractivity contribution in [3.63, 3.8) is 0 Å². The highest BCUT2D eigenvalue weighted by atomic mass is 16.7. The van der Waals surface area contributed by atoms with Crippen molar-refractivity contribution in [1.82, 2.24) is 9.80 Å². The van der Waals surface area contributed by atoms with Crippen LogP contribution in [0.15, 0.2) is 54.1 Å². The Morgan fingerprint density at radius 3 is 2.52 bits per heavy atom. The molecule has 0 aliphatic carbocycles. The third-order valence-corrected chi connectivity index (χ3v) is 5.02. The maximum absolute atomic E-state index is 12.7. The lowest BCUT2D eigenvalue weighted by molar-refractivity contribution is -0.128. The van der Waals surface area contributed by atoms with Gasteiger partial charge in [0.25, 0.3) is 0 Å². The number of benzene rings is 2.